The van der Waals surface area contributed by atoms with Crippen LogP contribution in [0.3, 0.4) is 0 Å². The molecule has 0 radical (unpaired) electrons. The molecule has 0 aromatic rings. The van der Waals surface area contributed by atoms with Crippen molar-refractivity contribution in [3.8, 4) is 0 Å². The molecule has 0 saturated carbocycles. The summed E-state index contributed by atoms with van der Waals surface area (Å²) >= 11 is 1.63. The molecule has 0 rings (SSSR count). The Hall–Kier alpha value is -0.170. The average molecular weight is 242 g/mol. The highest BCUT2D eigenvalue weighted by Crippen LogP contribution is 2.46. The summed E-state index contributed by atoms with van der Waals surface area (Å²) in [6, 6.07) is 0. The highest BCUT2D eigenvalue weighted by Gasteiger charge is 2.19. The average Bonchev–Trinajstić information content (AvgIpc) is 1.98. The fraction of sp³-hybridized carbons (Fsp3) is 0.500. The second-order valence-corrected chi connectivity index (χ2v) is 7.34. The topological polar surface area (TPSA) is 137 Å². The lowest BCUT2D eigenvalue weighted by atomic mass is 11.4. The fourth-order valence-electron chi connectivity index (χ4n) is 0.378. The van der Waals surface area contributed by atoms with Crippen LogP contribution in [0.4, 0.5) is 0 Å². The first-order valence-corrected chi connectivity index (χ1v) is 7.08. The van der Waals surface area contributed by atoms with Gasteiger partial charge in [-0.3, -0.25) is 15.4 Å². The Bertz CT molecular complexity index is 237. The quantitative estimate of drug-likeness (QED) is 0.275. The number of hydrogen-bond acceptors (Lipinski definition) is 5. The minimum absolute atomic E-state index is 0.109. The van der Waals surface area contributed by atoms with Crippen molar-refractivity contribution in [2.24, 2.45) is 11.5 Å². The van der Waals surface area contributed by atoms with Crippen molar-refractivity contribution >= 4 is 41.2 Å². The molecule has 0 aliphatic carbocycles. The molecule has 0 aromatic heterocycles. The lowest BCUT2D eigenvalue weighted by Gasteiger charge is -2.08. The van der Waals surface area contributed by atoms with Crippen molar-refractivity contribution in [3.05, 3.63) is 0 Å². The van der Waals surface area contributed by atoms with Crippen molar-refractivity contribution < 1.29 is 9.46 Å². The van der Waals surface area contributed by atoms with E-state index in [1.807, 2.05) is 0 Å². The molecule has 0 amide bonds. The molecule has 9 heteroatoms. The summed E-state index contributed by atoms with van der Waals surface area (Å²) in [6.45, 7) is 0. The zero-order valence-electron chi connectivity index (χ0n) is 6.69. The van der Waals surface area contributed by atoms with Gasteiger partial charge < -0.3 is 16.4 Å². The Morgan fingerprint density at radius 1 is 1.23 bits per heavy atom. The largest absolute Gasteiger partial charge is 0.379 e. The first-order valence-electron chi connectivity index (χ1n) is 3.08. The van der Waals surface area contributed by atoms with Crippen molar-refractivity contribution in [2.75, 3.05) is 11.0 Å². The van der Waals surface area contributed by atoms with Gasteiger partial charge in [0.25, 0.3) is 0 Å². The van der Waals surface area contributed by atoms with Crippen molar-refractivity contribution in [1.82, 2.24) is 0 Å². The second kappa shape index (κ2) is 5.54. The zero-order chi connectivity index (χ0) is 10.5. The Balaban J connectivity index is 3.87. The van der Waals surface area contributed by atoms with Crippen molar-refractivity contribution in [3.63, 3.8) is 0 Å². The van der Waals surface area contributed by atoms with Crippen LogP contribution in [0.5, 0.6) is 0 Å². The lowest BCUT2D eigenvalue weighted by Crippen LogP contribution is -2.07. The molecule has 0 bridgehead atoms. The number of nitrogens with two attached hydrogens (primary N) is 2. The van der Waals surface area contributed by atoms with Crippen LogP contribution in [0.1, 0.15) is 0 Å². The van der Waals surface area contributed by atoms with Gasteiger partial charge in [0.05, 0.1) is 11.0 Å². The summed E-state index contributed by atoms with van der Waals surface area (Å²) in [4.78, 5) is 9.22. The van der Waals surface area contributed by atoms with Crippen LogP contribution in [0.25, 0.3) is 0 Å². The highest BCUT2D eigenvalue weighted by molar-refractivity contribution is 8.21. The molecule has 0 atom stereocenters. The zero-order valence-corrected chi connectivity index (χ0v) is 9.22. The molecule has 0 unspecified atom stereocenters. The molecular formula is C4H11N4O2PS2. The van der Waals surface area contributed by atoms with Gasteiger partial charge in [0.1, 0.15) is 0 Å². The maximum Gasteiger partial charge on any atom is 0.220 e. The number of thioether (sulfide) groups is 2. The predicted molar refractivity (Wildman–Crippen MR) is 58.6 cm³/mol. The van der Waals surface area contributed by atoms with Gasteiger partial charge >= 0.3 is 0 Å². The van der Waals surface area contributed by atoms with Gasteiger partial charge in [0.15, 0.2) is 10.3 Å². The minimum atomic E-state index is -3.32. The number of nitrogens with one attached hydrogen (secondary N) is 2. The van der Waals surface area contributed by atoms with Crippen LogP contribution in [-0.2, 0) is 4.57 Å². The summed E-state index contributed by atoms with van der Waals surface area (Å²) in [5.41, 5.74) is 9.77. The lowest BCUT2D eigenvalue weighted by molar-refractivity contribution is 0.489. The van der Waals surface area contributed by atoms with E-state index in [0.717, 1.165) is 23.5 Å². The standard InChI is InChI=1S/C4H11N4O2PS2/c5-3(6)12-1-11(9,10)2-13-4(7)8/h1-2H2,(H3,5,6)(H3,7,8)(H,9,10). The molecule has 0 heterocycles. The molecular weight excluding hydrogens is 231 g/mol. The summed E-state index contributed by atoms with van der Waals surface area (Å²) in [7, 11) is -3.32. The van der Waals surface area contributed by atoms with Gasteiger partial charge in [-0.25, -0.2) is 0 Å². The molecule has 0 fully saturated rings. The highest BCUT2D eigenvalue weighted by atomic mass is 32.2. The first kappa shape index (κ1) is 12.8. The van der Waals surface area contributed by atoms with E-state index in [-0.39, 0.29) is 21.3 Å². The van der Waals surface area contributed by atoms with E-state index in [4.69, 9.17) is 22.3 Å². The van der Waals surface area contributed by atoms with Crippen LogP contribution >= 0.6 is 30.9 Å². The maximum atomic E-state index is 11.2. The Morgan fingerprint density at radius 2 is 1.54 bits per heavy atom. The molecule has 0 saturated heterocycles. The molecule has 0 aliphatic rings. The van der Waals surface area contributed by atoms with Crippen LogP contribution in [-0.4, -0.2) is 26.2 Å². The summed E-state index contributed by atoms with van der Waals surface area (Å²) < 4.78 is 11.2. The number of amidine groups is 2. The molecule has 0 spiro atoms. The van der Waals surface area contributed by atoms with E-state index in [1.165, 1.54) is 0 Å². The molecule has 7 N–H and O–H groups in total. The van der Waals surface area contributed by atoms with Crippen molar-refractivity contribution in [2.45, 2.75) is 0 Å². The van der Waals surface area contributed by atoms with E-state index < -0.39 is 7.37 Å². The van der Waals surface area contributed by atoms with E-state index in [9.17, 15) is 9.46 Å². The minimum Gasteiger partial charge on any atom is -0.379 e. The van der Waals surface area contributed by atoms with E-state index in [0.29, 0.717) is 0 Å². The maximum absolute atomic E-state index is 11.2. The number of rotatable bonds is 4. The predicted octanol–water partition coefficient (Wildman–Crippen LogP) is 0.425. The van der Waals surface area contributed by atoms with E-state index in [2.05, 4.69) is 0 Å². The fourth-order valence-corrected chi connectivity index (χ4v) is 4.07. The van der Waals surface area contributed by atoms with E-state index in [1.54, 1.807) is 0 Å². The molecule has 13 heavy (non-hydrogen) atoms. The third-order valence-electron chi connectivity index (χ3n) is 0.844. The molecule has 0 aliphatic heterocycles. The first-order chi connectivity index (χ1) is 5.83. The third-order valence-corrected chi connectivity index (χ3v) is 5.73. The van der Waals surface area contributed by atoms with E-state index >= 15 is 0 Å². The normalized spacial score (nSPS) is 14.8. The van der Waals surface area contributed by atoms with Gasteiger partial charge in [0.2, 0.25) is 7.37 Å². The van der Waals surface area contributed by atoms with Crippen LogP contribution < -0.4 is 11.5 Å². The molecule has 6 nitrogen and oxygen atoms in total. The van der Waals surface area contributed by atoms with Crippen LogP contribution in [0.2, 0.25) is 0 Å². The monoisotopic (exact) mass is 242 g/mol. The Morgan fingerprint density at radius 3 is 1.77 bits per heavy atom. The molecule has 76 valence electrons. The van der Waals surface area contributed by atoms with Crippen LogP contribution in [0, 0.1) is 10.8 Å². The summed E-state index contributed by atoms with van der Waals surface area (Å²) in [5, 5.41) is 13.3. The second-order valence-electron chi connectivity index (χ2n) is 2.12. The smallest absolute Gasteiger partial charge is 0.220 e. The molecule has 0 aromatic carbocycles. The van der Waals surface area contributed by atoms with Crippen molar-refractivity contribution in [1.29, 1.82) is 10.8 Å². The Labute approximate surface area is 84.3 Å². The Kier molecular flexibility index (Phi) is 5.46. The SMILES string of the molecule is N=C(N)SCP(=O)(O)CSC(=N)N. The van der Waals surface area contributed by atoms with Gasteiger partial charge in [-0.15, -0.1) is 0 Å². The summed E-state index contributed by atoms with van der Waals surface area (Å²) in [5.74, 6) is 0. The van der Waals surface area contributed by atoms with Crippen LogP contribution in [0.15, 0.2) is 0 Å². The van der Waals surface area contributed by atoms with Gasteiger partial charge in [-0.1, -0.05) is 23.5 Å². The van der Waals surface area contributed by atoms with Gasteiger partial charge in [-0.05, 0) is 0 Å². The third kappa shape index (κ3) is 8.17. The van der Waals surface area contributed by atoms with Gasteiger partial charge in [-0.2, -0.15) is 0 Å². The van der Waals surface area contributed by atoms with Gasteiger partial charge in [0, 0.05) is 0 Å². The number of hydrogen-bond donors (Lipinski definition) is 5. The summed E-state index contributed by atoms with van der Waals surface area (Å²) in [6.07, 6.45) is 0.